The van der Waals surface area contributed by atoms with E-state index < -0.39 is 11.9 Å². The van der Waals surface area contributed by atoms with Crippen LogP contribution in [0, 0.1) is 0 Å². The highest BCUT2D eigenvalue weighted by atomic mass is 16.5. The van der Waals surface area contributed by atoms with Crippen LogP contribution in [0.15, 0.2) is 47.0 Å². The van der Waals surface area contributed by atoms with Gasteiger partial charge in [-0.1, -0.05) is 17.3 Å². The van der Waals surface area contributed by atoms with Crippen molar-refractivity contribution in [1.29, 1.82) is 0 Å². The first kappa shape index (κ1) is 16.5. The van der Waals surface area contributed by atoms with Gasteiger partial charge in [0.25, 0.3) is 5.91 Å². The first-order valence-electron chi connectivity index (χ1n) is 8.99. The highest BCUT2D eigenvalue weighted by Gasteiger charge is 2.39. The molecule has 28 heavy (non-hydrogen) atoms. The fourth-order valence-corrected chi connectivity index (χ4v) is 3.76. The lowest BCUT2D eigenvalue weighted by atomic mass is 10.0. The number of fused-ring (bicyclic) bond motifs is 2. The molecule has 0 bridgehead atoms. The van der Waals surface area contributed by atoms with Gasteiger partial charge in [-0.25, -0.2) is 0 Å². The number of amides is 3. The number of benzene rings is 2. The largest absolute Gasteiger partial charge is 0.354 e. The molecule has 1 unspecified atom stereocenters. The molecule has 0 saturated carbocycles. The van der Waals surface area contributed by atoms with Crippen molar-refractivity contribution < 1.29 is 18.9 Å². The monoisotopic (exact) mass is 376 g/mol. The van der Waals surface area contributed by atoms with E-state index in [1.165, 1.54) is 4.90 Å². The van der Waals surface area contributed by atoms with Crippen molar-refractivity contribution in [2.45, 2.75) is 25.4 Å². The maximum Gasteiger partial charge on any atom is 0.255 e. The molecule has 1 fully saturated rings. The van der Waals surface area contributed by atoms with Crippen molar-refractivity contribution in [2.24, 2.45) is 0 Å². The number of piperidine rings is 1. The molecule has 2 N–H and O–H groups in total. The van der Waals surface area contributed by atoms with Crippen LogP contribution in [0.2, 0.25) is 0 Å². The van der Waals surface area contributed by atoms with E-state index in [0.717, 1.165) is 16.6 Å². The molecule has 2 aromatic carbocycles. The summed E-state index contributed by atoms with van der Waals surface area (Å²) in [6.07, 6.45) is 0.586. The second-order valence-corrected chi connectivity index (χ2v) is 6.92. The molecule has 1 atom stereocenters. The zero-order chi connectivity index (χ0) is 19.3. The molecule has 3 heterocycles. The van der Waals surface area contributed by atoms with Crippen LogP contribution in [0.4, 0.5) is 11.5 Å². The average Bonchev–Trinajstić information content (AvgIpc) is 3.23. The Kier molecular flexibility index (Phi) is 3.65. The summed E-state index contributed by atoms with van der Waals surface area (Å²) in [5, 5.41) is 10.5. The summed E-state index contributed by atoms with van der Waals surface area (Å²) in [6.45, 7) is 0.329. The Labute approximate surface area is 159 Å². The lowest BCUT2D eigenvalue weighted by Crippen LogP contribution is -2.52. The maximum absolute atomic E-state index is 12.7. The van der Waals surface area contributed by atoms with Crippen molar-refractivity contribution in [2.75, 3.05) is 5.32 Å². The standard InChI is InChI=1S/C20H16N4O4/c25-17-8-7-15(19(26)22-17)24-10-11-9-12(5-6-13(11)20(24)27)21-18-14-3-1-2-4-16(14)28-23-18/h1-6,9,15H,7-8,10H2,(H,21,23)(H,22,25,26). The van der Waals surface area contributed by atoms with E-state index in [2.05, 4.69) is 15.8 Å². The number of aromatic nitrogens is 1. The van der Waals surface area contributed by atoms with E-state index in [-0.39, 0.29) is 18.2 Å². The van der Waals surface area contributed by atoms with E-state index in [1.807, 2.05) is 30.3 Å². The number of imide groups is 1. The highest BCUT2D eigenvalue weighted by Crippen LogP contribution is 2.31. The number of carbonyl (C=O) groups excluding carboxylic acids is 3. The predicted octanol–water partition coefficient (Wildman–Crippen LogP) is 2.33. The Morgan fingerprint density at radius 1 is 1.14 bits per heavy atom. The second kappa shape index (κ2) is 6.19. The Bertz CT molecular complexity index is 1140. The molecule has 8 heteroatoms. The summed E-state index contributed by atoms with van der Waals surface area (Å²) in [7, 11) is 0. The molecule has 3 amide bonds. The van der Waals surface area contributed by atoms with E-state index in [1.54, 1.807) is 12.1 Å². The summed E-state index contributed by atoms with van der Waals surface area (Å²) >= 11 is 0. The molecule has 5 rings (SSSR count). The first-order valence-corrected chi connectivity index (χ1v) is 8.99. The number of para-hydroxylation sites is 1. The van der Waals surface area contributed by atoms with Crippen molar-refractivity contribution in [1.82, 2.24) is 15.4 Å². The molecule has 3 aromatic rings. The van der Waals surface area contributed by atoms with Crippen molar-refractivity contribution in [3.63, 3.8) is 0 Å². The number of rotatable bonds is 3. The number of anilines is 2. The zero-order valence-corrected chi connectivity index (χ0v) is 14.8. The summed E-state index contributed by atoms with van der Waals surface area (Å²) in [6, 6.07) is 12.3. The van der Waals surface area contributed by atoms with Gasteiger partial charge < -0.3 is 14.7 Å². The minimum atomic E-state index is -0.617. The summed E-state index contributed by atoms with van der Waals surface area (Å²) in [5.74, 6) is -0.300. The SMILES string of the molecule is O=C1CCC(N2Cc3cc(Nc4noc5ccccc45)ccc3C2=O)C(=O)N1. The number of nitrogens with one attached hydrogen (secondary N) is 2. The van der Waals surface area contributed by atoms with Gasteiger partial charge in [0.1, 0.15) is 6.04 Å². The quantitative estimate of drug-likeness (QED) is 0.680. The molecule has 2 aliphatic rings. The molecular formula is C20H16N4O4. The van der Waals surface area contributed by atoms with Crippen molar-refractivity contribution >= 4 is 40.2 Å². The van der Waals surface area contributed by atoms with Gasteiger partial charge in [0.2, 0.25) is 11.8 Å². The molecule has 140 valence electrons. The van der Waals surface area contributed by atoms with E-state index in [9.17, 15) is 14.4 Å². The molecule has 1 aromatic heterocycles. The fraction of sp³-hybridized carbons (Fsp3) is 0.200. The van der Waals surface area contributed by atoms with Gasteiger partial charge in [0.15, 0.2) is 11.4 Å². The minimum absolute atomic E-state index is 0.192. The van der Waals surface area contributed by atoms with E-state index in [0.29, 0.717) is 29.9 Å². The topological polar surface area (TPSA) is 105 Å². The summed E-state index contributed by atoms with van der Waals surface area (Å²) in [5.41, 5.74) is 2.86. The minimum Gasteiger partial charge on any atom is -0.354 e. The lowest BCUT2D eigenvalue weighted by molar-refractivity contribution is -0.136. The van der Waals surface area contributed by atoms with Crippen LogP contribution >= 0.6 is 0 Å². The van der Waals surface area contributed by atoms with Crippen LogP contribution < -0.4 is 10.6 Å². The van der Waals surface area contributed by atoms with Gasteiger partial charge in [0.05, 0.1) is 5.39 Å². The van der Waals surface area contributed by atoms with Crippen LogP contribution in [0.3, 0.4) is 0 Å². The smallest absolute Gasteiger partial charge is 0.255 e. The molecule has 0 spiro atoms. The molecule has 8 nitrogen and oxygen atoms in total. The zero-order valence-electron chi connectivity index (χ0n) is 14.8. The predicted molar refractivity (Wildman–Crippen MR) is 99.8 cm³/mol. The molecule has 0 aliphatic carbocycles. The van der Waals surface area contributed by atoms with Crippen LogP contribution in [-0.4, -0.2) is 33.8 Å². The summed E-state index contributed by atoms with van der Waals surface area (Å²) < 4.78 is 5.30. The van der Waals surface area contributed by atoms with Crippen molar-refractivity contribution in [3.8, 4) is 0 Å². The van der Waals surface area contributed by atoms with Gasteiger partial charge in [-0.15, -0.1) is 0 Å². The number of hydrogen-bond donors (Lipinski definition) is 2. The third-order valence-electron chi connectivity index (χ3n) is 5.16. The third-order valence-corrected chi connectivity index (χ3v) is 5.16. The van der Waals surface area contributed by atoms with Gasteiger partial charge in [-0.2, -0.15) is 0 Å². The highest BCUT2D eigenvalue weighted by molar-refractivity contribution is 6.05. The van der Waals surface area contributed by atoms with Crippen LogP contribution in [-0.2, 0) is 16.1 Å². The average molecular weight is 376 g/mol. The molecule has 0 radical (unpaired) electrons. The van der Waals surface area contributed by atoms with Crippen LogP contribution in [0.5, 0.6) is 0 Å². The van der Waals surface area contributed by atoms with Crippen LogP contribution in [0.25, 0.3) is 11.0 Å². The van der Waals surface area contributed by atoms with E-state index >= 15 is 0 Å². The van der Waals surface area contributed by atoms with Crippen molar-refractivity contribution in [3.05, 3.63) is 53.6 Å². The first-order chi connectivity index (χ1) is 13.6. The maximum atomic E-state index is 12.7. The molecule has 2 aliphatic heterocycles. The summed E-state index contributed by atoms with van der Waals surface area (Å²) in [4.78, 5) is 37.8. The van der Waals surface area contributed by atoms with Gasteiger partial charge >= 0.3 is 0 Å². The number of carbonyl (C=O) groups is 3. The van der Waals surface area contributed by atoms with Crippen LogP contribution in [0.1, 0.15) is 28.8 Å². The van der Waals surface area contributed by atoms with E-state index in [4.69, 9.17) is 4.52 Å². The van der Waals surface area contributed by atoms with Gasteiger partial charge in [-0.05, 0) is 42.3 Å². The fourth-order valence-electron chi connectivity index (χ4n) is 3.76. The number of nitrogens with zero attached hydrogens (tertiary/aromatic N) is 2. The molecule has 1 saturated heterocycles. The lowest BCUT2D eigenvalue weighted by Gasteiger charge is -2.29. The Hall–Kier alpha value is -3.68. The van der Waals surface area contributed by atoms with Gasteiger partial charge in [0, 0.05) is 24.2 Å². The second-order valence-electron chi connectivity index (χ2n) is 6.92. The van der Waals surface area contributed by atoms with Gasteiger partial charge in [-0.3, -0.25) is 19.7 Å². The Morgan fingerprint density at radius 2 is 2.00 bits per heavy atom. The Morgan fingerprint density at radius 3 is 2.86 bits per heavy atom. The molecular weight excluding hydrogens is 360 g/mol. The third kappa shape index (κ3) is 2.61. The number of hydrogen-bond acceptors (Lipinski definition) is 6. The normalized spacial score (nSPS) is 19.1. The Balaban J connectivity index is 1.40.